The molecule has 0 unspecified atom stereocenters. The van der Waals surface area contributed by atoms with Gasteiger partial charge in [0, 0.05) is 4.47 Å². The Balaban J connectivity index is 1.84. The van der Waals surface area contributed by atoms with Crippen molar-refractivity contribution < 1.29 is 19.1 Å². The molecule has 0 heterocycles. The van der Waals surface area contributed by atoms with Crippen LogP contribution < -0.4 is 10.1 Å². The van der Waals surface area contributed by atoms with Crippen molar-refractivity contribution in [2.24, 2.45) is 0 Å². The smallest absolute Gasteiger partial charge is 0.325 e. The van der Waals surface area contributed by atoms with Crippen LogP contribution in [0.2, 0.25) is 0 Å². The number of carbonyl (C=O) groups is 2. The summed E-state index contributed by atoms with van der Waals surface area (Å²) in [5.41, 5.74) is 0. The maximum atomic E-state index is 11.7. The molecule has 122 valence electrons. The molecule has 0 aliphatic rings. The number of fused-ring (bicyclic) bond motifs is 1. The van der Waals surface area contributed by atoms with E-state index in [1.54, 1.807) is 19.9 Å². The number of amides is 1. The van der Waals surface area contributed by atoms with Gasteiger partial charge < -0.3 is 14.8 Å². The van der Waals surface area contributed by atoms with Crippen molar-refractivity contribution in [3.63, 3.8) is 0 Å². The zero-order valence-electron chi connectivity index (χ0n) is 13.0. The molecule has 0 aliphatic heterocycles. The third kappa shape index (κ3) is 5.56. The normalized spacial score (nSPS) is 10.6. The van der Waals surface area contributed by atoms with Crippen LogP contribution in [0.1, 0.15) is 13.8 Å². The molecule has 0 saturated carbocycles. The number of ether oxygens (including phenoxy) is 2. The molecule has 23 heavy (non-hydrogen) atoms. The van der Waals surface area contributed by atoms with E-state index in [-0.39, 0.29) is 25.2 Å². The summed E-state index contributed by atoms with van der Waals surface area (Å²) in [6.07, 6.45) is -0.201. The Morgan fingerprint density at radius 3 is 2.57 bits per heavy atom. The van der Waals surface area contributed by atoms with Crippen LogP contribution >= 0.6 is 15.9 Å². The lowest BCUT2D eigenvalue weighted by Gasteiger charge is -2.10. The zero-order valence-corrected chi connectivity index (χ0v) is 14.6. The molecule has 1 amide bonds. The molecule has 0 radical (unpaired) electrons. The topological polar surface area (TPSA) is 64.6 Å². The molecule has 1 N–H and O–H groups in total. The first kappa shape index (κ1) is 17.3. The summed E-state index contributed by atoms with van der Waals surface area (Å²) in [7, 11) is 0. The predicted molar refractivity (Wildman–Crippen MR) is 91.4 cm³/mol. The maximum Gasteiger partial charge on any atom is 0.325 e. The van der Waals surface area contributed by atoms with E-state index in [0.717, 1.165) is 15.2 Å². The van der Waals surface area contributed by atoms with Crippen molar-refractivity contribution in [1.29, 1.82) is 0 Å². The van der Waals surface area contributed by atoms with E-state index in [1.165, 1.54) is 0 Å². The number of benzene rings is 2. The molecule has 0 fully saturated rings. The van der Waals surface area contributed by atoms with E-state index in [0.29, 0.717) is 5.75 Å². The van der Waals surface area contributed by atoms with Crippen LogP contribution in [0.15, 0.2) is 40.9 Å². The number of carbonyl (C=O) groups excluding carboxylic acids is 2. The van der Waals surface area contributed by atoms with Crippen molar-refractivity contribution in [1.82, 2.24) is 5.32 Å². The van der Waals surface area contributed by atoms with Gasteiger partial charge in [-0.2, -0.15) is 0 Å². The maximum absolute atomic E-state index is 11.7. The van der Waals surface area contributed by atoms with E-state index in [9.17, 15) is 9.59 Å². The molecular formula is C17H18BrNO4. The lowest BCUT2D eigenvalue weighted by Crippen LogP contribution is -2.34. The van der Waals surface area contributed by atoms with Crippen molar-refractivity contribution in [2.75, 3.05) is 13.2 Å². The summed E-state index contributed by atoms with van der Waals surface area (Å²) >= 11 is 3.42. The lowest BCUT2D eigenvalue weighted by atomic mass is 10.1. The largest absolute Gasteiger partial charge is 0.484 e. The quantitative estimate of drug-likeness (QED) is 0.783. The van der Waals surface area contributed by atoms with Gasteiger partial charge in [0.2, 0.25) is 0 Å². The molecule has 0 bridgehead atoms. The Labute approximate surface area is 143 Å². The standard InChI is InChI=1S/C17H18BrNO4/c1-11(2)23-17(21)9-19-16(20)10-22-15-6-4-12-7-14(18)5-3-13(12)8-15/h3-8,11H,9-10H2,1-2H3,(H,19,20). The fourth-order valence-corrected chi connectivity index (χ4v) is 2.34. The van der Waals surface area contributed by atoms with E-state index in [1.807, 2.05) is 30.3 Å². The Morgan fingerprint density at radius 2 is 1.83 bits per heavy atom. The average molecular weight is 380 g/mol. The molecule has 0 aromatic heterocycles. The summed E-state index contributed by atoms with van der Waals surface area (Å²) < 4.78 is 11.4. The molecule has 2 aromatic carbocycles. The molecular weight excluding hydrogens is 362 g/mol. The van der Waals surface area contributed by atoms with Gasteiger partial charge in [-0.1, -0.05) is 28.1 Å². The van der Waals surface area contributed by atoms with Crippen LogP contribution in [-0.2, 0) is 14.3 Å². The van der Waals surface area contributed by atoms with Gasteiger partial charge in [-0.25, -0.2) is 0 Å². The van der Waals surface area contributed by atoms with E-state index < -0.39 is 5.97 Å². The lowest BCUT2D eigenvalue weighted by molar-refractivity contribution is -0.147. The van der Waals surface area contributed by atoms with Gasteiger partial charge in [0.1, 0.15) is 12.3 Å². The molecule has 0 saturated heterocycles. The third-order valence-electron chi connectivity index (χ3n) is 2.94. The highest BCUT2D eigenvalue weighted by molar-refractivity contribution is 9.10. The van der Waals surface area contributed by atoms with Crippen molar-refractivity contribution in [2.45, 2.75) is 20.0 Å². The molecule has 0 aliphatic carbocycles. The summed E-state index contributed by atoms with van der Waals surface area (Å²) in [6.45, 7) is 3.19. The minimum Gasteiger partial charge on any atom is -0.484 e. The van der Waals surface area contributed by atoms with Crippen LogP contribution in [-0.4, -0.2) is 31.1 Å². The molecule has 6 heteroatoms. The Bertz CT molecular complexity index is 715. The van der Waals surface area contributed by atoms with Crippen LogP contribution in [0.5, 0.6) is 5.75 Å². The van der Waals surface area contributed by atoms with Gasteiger partial charge in [-0.3, -0.25) is 9.59 Å². The third-order valence-corrected chi connectivity index (χ3v) is 3.43. The minimum absolute atomic E-state index is 0.156. The van der Waals surface area contributed by atoms with Crippen molar-refractivity contribution in [3.05, 3.63) is 40.9 Å². The second-order valence-electron chi connectivity index (χ2n) is 5.26. The Kier molecular flexibility index (Phi) is 5.98. The van der Waals surface area contributed by atoms with Crippen LogP contribution in [0.25, 0.3) is 10.8 Å². The number of nitrogens with one attached hydrogen (secondary N) is 1. The first-order chi connectivity index (χ1) is 10.9. The Morgan fingerprint density at radius 1 is 1.13 bits per heavy atom. The van der Waals surface area contributed by atoms with Gasteiger partial charge in [0.05, 0.1) is 6.10 Å². The highest BCUT2D eigenvalue weighted by Gasteiger charge is 2.09. The van der Waals surface area contributed by atoms with Gasteiger partial charge in [-0.05, 0) is 48.9 Å². The van der Waals surface area contributed by atoms with Crippen molar-refractivity contribution in [3.8, 4) is 5.75 Å². The van der Waals surface area contributed by atoms with Crippen LogP contribution in [0.3, 0.4) is 0 Å². The Hall–Kier alpha value is -2.08. The summed E-state index contributed by atoms with van der Waals surface area (Å²) in [6, 6.07) is 11.5. The van der Waals surface area contributed by atoms with E-state index in [4.69, 9.17) is 9.47 Å². The summed E-state index contributed by atoms with van der Waals surface area (Å²) in [4.78, 5) is 23.0. The fourth-order valence-electron chi connectivity index (χ4n) is 1.96. The predicted octanol–water partition coefficient (Wildman–Crippen LogP) is 3.05. The second kappa shape index (κ2) is 7.97. The molecule has 0 spiro atoms. The first-order valence-electron chi connectivity index (χ1n) is 7.22. The van der Waals surface area contributed by atoms with Crippen LogP contribution in [0, 0.1) is 0 Å². The zero-order chi connectivity index (χ0) is 16.8. The summed E-state index contributed by atoms with van der Waals surface area (Å²) in [5, 5.41) is 4.55. The second-order valence-corrected chi connectivity index (χ2v) is 6.17. The highest BCUT2D eigenvalue weighted by Crippen LogP contribution is 2.24. The summed E-state index contributed by atoms with van der Waals surface area (Å²) in [5.74, 6) is -0.244. The number of hydrogen-bond donors (Lipinski definition) is 1. The molecule has 2 aromatic rings. The number of rotatable bonds is 6. The molecule has 0 atom stereocenters. The minimum atomic E-state index is -0.468. The van der Waals surface area contributed by atoms with Gasteiger partial charge >= 0.3 is 5.97 Å². The van der Waals surface area contributed by atoms with Gasteiger partial charge in [-0.15, -0.1) is 0 Å². The van der Waals surface area contributed by atoms with Gasteiger partial charge in [0.15, 0.2) is 6.61 Å². The van der Waals surface area contributed by atoms with E-state index >= 15 is 0 Å². The molecule has 5 nitrogen and oxygen atoms in total. The van der Waals surface area contributed by atoms with Crippen LogP contribution in [0.4, 0.5) is 0 Å². The SMILES string of the molecule is CC(C)OC(=O)CNC(=O)COc1ccc2cc(Br)ccc2c1. The van der Waals surface area contributed by atoms with Gasteiger partial charge in [0.25, 0.3) is 5.91 Å². The average Bonchev–Trinajstić information content (AvgIpc) is 2.50. The fraction of sp³-hybridized carbons (Fsp3) is 0.294. The number of hydrogen-bond acceptors (Lipinski definition) is 4. The highest BCUT2D eigenvalue weighted by atomic mass is 79.9. The first-order valence-corrected chi connectivity index (χ1v) is 8.01. The van der Waals surface area contributed by atoms with Crippen molar-refractivity contribution >= 4 is 38.6 Å². The number of halogens is 1. The van der Waals surface area contributed by atoms with E-state index in [2.05, 4.69) is 21.2 Å². The molecule has 2 rings (SSSR count). The number of esters is 1. The monoisotopic (exact) mass is 379 g/mol.